The molecule has 1 rings (SSSR count). The van der Waals surface area contributed by atoms with Crippen LogP contribution in [0.25, 0.3) is 0 Å². The van der Waals surface area contributed by atoms with Crippen molar-refractivity contribution in [1.29, 1.82) is 0 Å². The van der Waals surface area contributed by atoms with Gasteiger partial charge in [-0.05, 0) is 31.2 Å². The highest BCUT2D eigenvalue weighted by Crippen LogP contribution is 2.11. The summed E-state index contributed by atoms with van der Waals surface area (Å²) in [6, 6.07) is 5.29. The summed E-state index contributed by atoms with van der Waals surface area (Å²) in [5, 5.41) is 6.77. The number of urea groups is 1. The summed E-state index contributed by atoms with van der Waals surface area (Å²) in [6.07, 6.45) is -1.13. The maximum Gasteiger partial charge on any atom is 0.338 e. The van der Waals surface area contributed by atoms with E-state index in [2.05, 4.69) is 10.6 Å². The van der Waals surface area contributed by atoms with Crippen molar-refractivity contribution in [2.45, 2.75) is 20.0 Å². The summed E-state index contributed by atoms with van der Waals surface area (Å²) in [6.45, 7) is 2.72. The summed E-state index contributed by atoms with van der Waals surface area (Å²) >= 11 is 0. The van der Waals surface area contributed by atoms with E-state index in [1.165, 1.54) is 45.2 Å². The number of nitrogens with one attached hydrogen (secondary N) is 3. The first-order valence-corrected chi connectivity index (χ1v) is 6.44. The molecular weight excluding hydrogens is 290 g/mol. The molecule has 1 atom stereocenters. The Morgan fingerprint density at radius 2 is 1.68 bits per heavy atom. The second-order valence-corrected chi connectivity index (χ2v) is 4.37. The molecule has 0 aliphatic rings. The van der Waals surface area contributed by atoms with Crippen LogP contribution in [0.5, 0.6) is 0 Å². The number of hydrogen-bond donors (Lipinski definition) is 3. The quantitative estimate of drug-likeness (QED) is 0.707. The molecule has 0 aliphatic carbocycles. The van der Waals surface area contributed by atoms with Gasteiger partial charge in [-0.25, -0.2) is 9.59 Å². The molecule has 4 amide bonds. The van der Waals surface area contributed by atoms with Crippen molar-refractivity contribution in [3.8, 4) is 0 Å². The minimum absolute atomic E-state index is 0.216. The Morgan fingerprint density at radius 3 is 2.18 bits per heavy atom. The van der Waals surface area contributed by atoms with Crippen LogP contribution in [-0.2, 0) is 14.3 Å². The molecule has 0 aromatic heterocycles. The predicted octanol–water partition coefficient (Wildman–Crippen LogP) is 0.646. The first-order chi connectivity index (χ1) is 10.3. The summed E-state index contributed by atoms with van der Waals surface area (Å²) in [5.74, 6) is -1.67. The Balaban J connectivity index is 2.62. The van der Waals surface area contributed by atoms with E-state index in [9.17, 15) is 19.2 Å². The summed E-state index contributed by atoms with van der Waals surface area (Å²) < 4.78 is 4.95. The van der Waals surface area contributed by atoms with E-state index in [0.717, 1.165) is 0 Å². The van der Waals surface area contributed by atoms with Crippen molar-refractivity contribution in [3.63, 3.8) is 0 Å². The van der Waals surface area contributed by atoms with Crippen LogP contribution in [0.15, 0.2) is 24.3 Å². The summed E-state index contributed by atoms with van der Waals surface area (Å²) in [4.78, 5) is 45.3. The highest BCUT2D eigenvalue weighted by molar-refractivity contribution is 5.98. The van der Waals surface area contributed by atoms with Gasteiger partial charge < -0.3 is 15.4 Å². The Labute approximate surface area is 127 Å². The maximum atomic E-state index is 11.9. The Bertz CT molecular complexity index is 583. The third-order valence-corrected chi connectivity index (χ3v) is 2.56. The van der Waals surface area contributed by atoms with Gasteiger partial charge in [0.1, 0.15) is 0 Å². The fraction of sp³-hybridized carbons (Fsp3) is 0.286. The lowest BCUT2D eigenvalue weighted by atomic mass is 10.2. The van der Waals surface area contributed by atoms with Crippen molar-refractivity contribution in [2.75, 3.05) is 12.4 Å². The van der Waals surface area contributed by atoms with Gasteiger partial charge in [-0.2, -0.15) is 0 Å². The number of benzene rings is 1. The van der Waals surface area contributed by atoms with Gasteiger partial charge >= 0.3 is 12.0 Å². The van der Waals surface area contributed by atoms with E-state index in [0.29, 0.717) is 5.69 Å². The largest absolute Gasteiger partial charge is 0.449 e. The van der Waals surface area contributed by atoms with Gasteiger partial charge in [-0.15, -0.1) is 0 Å². The van der Waals surface area contributed by atoms with Gasteiger partial charge in [0.2, 0.25) is 5.91 Å². The smallest absolute Gasteiger partial charge is 0.338 e. The summed E-state index contributed by atoms with van der Waals surface area (Å²) in [5.41, 5.74) is 0.753. The van der Waals surface area contributed by atoms with Gasteiger partial charge in [0, 0.05) is 19.7 Å². The number of anilines is 1. The highest BCUT2D eigenvalue weighted by Gasteiger charge is 2.20. The standard InChI is InChI=1S/C14H17N3O5/c1-8(12(19)17-14(21)15-3)22-13(20)10-4-6-11(7-5-10)16-9(2)18/h4-8H,1-3H3,(H,16,18)(H2,15,17,19,21). The molecular formula is C14H17N3O5. The van der Waals surface area contributed by atoms with E-state index in [-0.39, 0.29) is 11.5 Å². The van der Waals surface area contributed by atoms with Gasteiger partial charge in [0.15, 0.2) is 6.10 Å². The van der Waals surface area contributed by atoms with Gasteiger partial charge in [0.25, 0.3) is 5.91 Å². The molecule has 0 radical (unpaired) electrons. The molecule has 118 valence electrons. The normalized spacial score (nSPS) is 11.0. The van der Waals surface area contributed by atoms with E-state index in [1.54, 1.807) is 0 Å². The lowest BCUT2D eigenvalue weighted by Crippen LogP contribution is -2.43. The zero-order valence-electron chi connectivity index (χ0n) is 12.4. The predicted molar refractivity (Wildman–Crippen MR) is 78.2 cm³/mol. The second-order valence-electron chi connectivity index (χ2n) is 4.37. The highest BCUT2D eigenvalue weighted by atomic mass is 16.5. The van der Waals surface area contributed by atoms with Crippen molar-refractivity contribution in [3.05, 3.63) is 29.8 Å². The minimum Gasteiger partial charge on any atom is -0.449 e. The van der Waals surface area contributed by atoms with Crippen LogP contribution >= 0.6 is 0 Å². The monoisotopic (exact) mass is 307 g/mol. The molecule has 3 N–H and O–H groups in total. The van der Waals surface area contributed by atoms with E-state index < -0.39 is 24.0 Å². The topological polar surface area (TPSA) is 114 Å². The fourth-order valence-electron chi connectivity index (χ4n) is 1.45. The fourth-order valence-corrected chi connectivity index (χ4v) is 1.45. The molecule has 8 nitrogen and oxygen atoms in total. The van der Waals surface area contributed by atoms with Gasteiger partial charge in [0.05, 0.1) is 5.56 Å². The van der Waals surface area contributed by atoms with Crippen molar-refractivity contribution in [2.24, 2.45) is 0 Å². The van der Waals surface area contributed by atoms with Crippen LogP contribution in [0.1, 0.15) is 24.2 Å². The molecule has 22 heavy (non-hydrogen) atoms. The number of esters is 1. The van der Waals surface area contributed by atoms with Crippen molar-refractivity contribution >= 4 is 29.5 Å². The Hall–Kier alpha value is -2.90. The zero-order valence-corrected chi connectivity index (χ0v) is 12.4. The molecule has 1 unspecified atom stereocenters. The van der Waals surface area contributed by atoms with E-state index in [4.69, 9.17) is 4.74 Å². The number of carbonyl (C=O) groups is 4. The Morgan fingerprint density at radius 1 is 1.09 bits per heavy atom. The van der Waals surface area contributed by atoms with E-state index >= 15 is 0 Å². The third kappa shape index (κ3) is 5.23. The van der Waals surface area contributed by atoms with Gasteiger partial charge in [-0.1, -0.05) is 0 Å². The molecule has 0 saturated carbocycles. The average Bonchev–Trinajstić information content (AvgIpc) is 2.46. The van der Waals surface area contributed by atoms with Crippen LogP contribution in [0.4, 0.5) is 10.5 Å². The van der Waals surface area contributed by atoms with E-state index in [1.807, 2.05) is 5.32 Å². The molecule has 0 spiro atoms. The Kier molecular flexibility index (Phi) is 6.06. The SMILES string of the molecule is CNC(=O)NC(=O)C(C)OC(=O)c1ccc(NC(C)=O)cc1. The molecule has 1 aromatic carbocycles. The van der Waals surface area contributed by atoms with Crippen molar-refractivity contribution < 1.29 is 23.9 Å². The zero-order chi connectivity index (χ0) is 16.7. The number of amides is 4. The van der Waals surface area contributed by atoms with Crippen LogP contribution in [0.2, 0.25) is 0 Å². The lowest BCUT2D eigenvalue weighted by Gasteiger charge is -2.12. The van der Waals surface area contributed by atoms with Gasteiger partial charge in [-0.3, -0.25) is 14.9 Å². The molecule has 0 fully saturated rings. The van der Waals surface area contributed by atoms with Crippen LogP contribution in [0, 0.1) is 0 Å². The number of ether oxygens (including phenoxy) is 1. The number of imide groups is 1. The molecule has 0 aliphatic heterocycles. The lowest BCUT2D eigenvalue weighted by molar-refractivity contribution is -0.127. The summed E-state index contributed by atoms with van der Waals surface area (Å²) in [7, 11) is 1.36. The first-order valence-electron chi connectivity index (χ1n) is 6.44. The molecule has 1 aromatic rings. The number of carbonyl (C=O) groups excluding carboxylic acids is 4. The molecule has 8 heteroatoms. The van der Waals surface area contributed by atoms with Crippen LogP contribution < -0.4 is 16.0 Å². The van der Waals surface area contributed by atoms with Crippen molar-refractivity contribution in [1.82, 2.24) is 10.6 Å². The molecule has 0 saturated heterocycles. The third-order valence-electron chi connectivity index (χ3n) is 2.56. The minimum atomic E-state index is -1.13. The first kappa shape index (κ1) is 17.2. The molecule has 0 heterocycles. The van der Waals surface area contributed by atoms with Crippen LogP contribution in [0.3, 0.4) is 0 Å². The van der Waals surface area contributed by atoms with Crippen LogP contribution in [-0.4, -0.2) is 37.0 Å². The second kappa shape index (κ2) is 7.77. The average molecular weight is 307 g/mol. The molecule has 0 bridgehead atoms. The number of rotatable bonds is 4. The maximum absolute atomic E-state index is 11.9. The number of hydrogen-bond acceptors (Lipinski definition) is 5.